The Morgan fingerprint density at radius 1 is 1.24 bits per heavy atom. The van der Waals surface area contributed by atoms with Gasteiger partial charge in [0.2, 0.25) is 0 Å². The molecule has 0 aliphatic heterocycles. The lowest BCUT2D eigenvalue weighted by molar-refractivity contribution is 0.181. The number of benzene rings is 1. The van der Waals surface area contributed by atoms with E-state index in [0.29, 0.717) is 6.61 Å². The smallest absolute Gasteiger partial charge is 0.162 e. The second-order valence-electron chi connectivity index (χ2n) is 4.87. The molecule has 0 aliphatic carbocycles. The van der Waals surface area contributed by atoms with Crippen LogP contribution in [0.5, 0.6) is 0 Å². The first-order chi connectivity index (χ1) is 10.1. The van der Waals surface area contributed by atoms with E-state index in [-0.39, 0.29) is 0 Å². The van der Waals surface area contributed by atoms with Crippen LogP contribution >= 0.6 is 15.9 Å². The van der Waals surface area contributed by atoms with Gasteiger partial charge < -0.3 is 10.1 Å². The molecule has 0 bridgehead atoms. The first-order valence-electron chi connectivity index (χ1n) is 6.94. The molecule has 1 aromatic heterocycles. The van der Waals surface area contributed by atoms with Gasteiger partial charge in [-0.05, 0) is 47.8 Å². The largest absolute Gasteiger partial charge is 0.378 e. The van der Waals surface area contributed by atoms with Crippen molar-refractivity contribution in [1.29, 1.82) is 0 Å². The molecule has 0 amide bonds. The molecule has 0 saturated heterocycles. The molecule has 1 aromatic carbocycles. The first-order valence-corrected chi connectivity index (χ1v) is 7.73. The zero-order chi connectivity index (χ0) is 15.4. The van der Waals surface area contributed by atoms with Crippen LogP contribution in [0.15, 0.2) is 22.7 Å². The lowest BCUT2D eigenvalue weighted by Gasteiger charge is -2.13. The molecular weight excluding hydrogens is 330 g/mol. The predicted octanol–water partition coefficient (Wildman–Crippen LogP) is 4.10. The molecule has 2 aromatic rings. The number of rotatable bonds is 5. The van der Waals surface area contributed by atoms with Gasteiger partial charge in [-0.1, -0.05) is 18.2 Å². The third-order valence-corrected chi connectivity index (χ3v) is 4.22. The van der Waals surface area contributed by atoms with Gasteiger partial charge in [-0.3, -0.25) is 0 Å². The van der Waals surface area contributed by atoms with Crippen LogP contribution in [-0.2, 0) is 11.3 Å². The van der Waals surface area contributed by atoms with Crippen molar-refractivity contribution >= 4 is 21.7 Å². The van der Waals surface area contributed by atoms with E-state index in [2.05, 4.69) is 57.2 Å². The molecule has 0 fully saturated rings. The van der Waals surface area contributed by atoms with Gasteiger partial charge in [-0.15, -0.1) is 0 Å². The van der Waals surface area contributed by atoms with Crippen LogP contribution in [0.4, 0.5) is 5.82 Å². The number of nitrogens with one attached hydrogen (secondary N) is 1. The van der Waals surface area contributed by atoms with Crippen LogP contribution in [0.3, 0.4) is 0 Å². The Labute approximate surface area is 134 Å². The molecular formula is C16H20BrN3O. The summed E-state index contributed by atoms with van der Waals surface area (Å²) in [7, 11) is 1.67. The van der Waals surface area contributed by atoms with Crippen LogP contribution in [0.25, 0.3) is 11.4 Å². The van der Waals surface area contributed by atoms with E-state index in [4.69, 9.17) is 4.74 Å². The minimum Gasteiger partial charge on any atom is -0.378 e. The van der Waals surface area contributed by atoms with Gasteiger partial charge >= 0.3 is 0 Å². The van der Waals surface area contributed by atoms with Gasteiger partial charge in [0.25, 0.3) is 0 Å². The van der Waals surface area contributed by atoms with Crippen LogP contribution < -0.4 is 5.32 Å². The molecule has 112 valence electrons. The highest BCUT2D eigenvalue weighted by molar-refractivity contribution is 9.10. The fraction of sp³-hybridized carbons (Fsp3) is 0.375. The van der Waals surface area contributed by atoms with Gasteiger partial charge in [0.1, 0.15) is 5.82 Å². The van der Waals surface area contributed by atoms with Crippen molar-refractivity contribution in [3.63, 3.8) is 0 Å². The van der Waals surface area contributed by atoms with Crippen molar-refractivity contribution in [1.82, 2.24) is 9.97 Å². The van der Waals surface area contributed by atoms with Crippen molar-refractivity contribution in [2.24, 2.45) is 0 Å². The standard InChI is InChI=1S/C16H20BrN3O/c1-5-18-16-14(17)13(9-21-4)19-15(20-16)12-8-6-7-10(2)11(12)3/h6-8H,5,9H2,1-4H3,(H,18,19,20). The molecule has 0 radical (unpaired) electrons. The maximum absolute atomic E-state index is 5.24. The van der Waals surface area contributed by atoms with Gasteiger partial charge in [0, 0.05) is 19.2 Å². The number of anilines is 1. The zero-order valence-corrected chi connectivity index (χ0v) is 14.4. The van der Waals surface area contributed by atoms with Gasteiger partial charge in [-0.2, -0.15) is 0 Å². The number of nitrogens with zero attached hydrogens (tertiary/aromatic N) is 2. The Kier molecular flexibility index (Phi) is 5.31. The first kappa shape index (κ1) is 15.9. The summed E-state index contributed by atoms with van der Waals surface area (Å²) in [5, 5.41) is 3.27. The monoisotopic (exact) mass is 349 g/mol. The zero-order valence-electron chi connectivity index (χ0n) is 12.8. The molecule has 2 rings (SSSR count). The Bertz CT molecular complexity index is 616. The number of halogens is 1. The van der Waals surface area contributed by atoms with Crippen molar-refractivity contribution in [2.45, 2.75) is 27.4 Å². The average molecular weight is 350 g/mol. The number of hydrogen-bond acceptors (Lipinski definition) is 4. The third kappa shape index (κ3) is 3.41. The highest BCUT2D eigenvalue weighted by Gasteiger charge is 2.14. The molecule has 0 atom stereocenters. The molecule has 0 saturated carbocycles. The summed E-state index contributed by atoms with van der Waals surface area (Å²) in [6, 6.07) is 6.18. The Balaban J connectivity index is 2.60. The quantitative estimate of drug-likeness (QED) is 0.882. The highest BCUT2D eigenvalue weighted by Crippen LogP contribution is 2.29. The van der Waals surface area contributed by atoms with Crippen LogP contribution in [-0.4, -0.2) is 23.6 Å². The second-order valence-corrected chi connectivity index (χ2v) is 5.66. The van der Waals surface area contributed by atoms with E-state index in [1.807, 2.05) is 13.0 Å². The number of aryl methyl sites for hydroxylation is 1. The van der Waals surface area contributed by atoms with E-state index >= 15 is 0 Å². The normalized spacial score (nSPS) is 10.7. The summed E-state index contributed by atoms with van der Waals surface area (Å²) in [6.07, 6.45) is 0. The van der Waals surface area contributed by atoms with Crippen molar-refractivity contribution in [3.05, 3.63) is 39.5 Å². The summed E-state index contributed by atoms with van der Waals surface area (Å²) >= 11 is 3.56. The minimum absolute atomic E-state index is 0.444. The summed E-state index contributed by atoms with van der Waals surface area (Å²) in [6.45, 7) is 7.48. The number of aromatic nitrogens is 2. The predicted molar refractivity (Wildman–Crippen MR) is 89.5 cm³/mol. The fourth-order valence-electron chi connectivity index (χ4n) is 2.12. The van der Waals surface area contributed by atoms with Crippen molar-refractivity contribution < 1.29 is 4.74 Å². The Morgan fingerprint density at radius 2 is 2.00 bits per heavy atom. The lowest BCUT2D eigenvalue weighted by Crippen LogP contribution is -2.07. The summed E-state index contributed by atoms with van der Waals surface area (Å²) in [5.74, 6) is 1.53. The molecule has 0 aliphatic rings. The van der Waals surface area contributed by atoms with Crippen molar-refractivity contribution in [2.75, 3.05) is 19.0 Å². The Hall–Kier alpha value is -1.46. The van der Waals surface area contributed by atoms with E-state index in [9.17, 15) is 0 Å². The summed E-state index contributed by atoms with van der Waals surface area (Å²) < 4.78 is 6.10. The molecule has 1 N–H and O–H groups in total. The Morgan fingerprint density at radius 3 is 2.67 bits per heavy atom. The summed E-state index contributed by atoms with van der Waals surface area (Å²) in [5.41, 5.74) is 4.33. The maximum Gasteiger partial charge on any atom is 0.162 e. The maximum atomic E-state index is 5.24. The molecule has 21 heavy (non-hydrogen) atoms. The summed E-state index contributed by atoms with van der Waals surface area (Å²) in [4.78, 5) is 9.31. The topological polar surface area (TPSA) is 47.0 Å². The molecule has 1 heterocycles. The van der Waals surface area contributed by atoms with Gasteiger partial charge in [0.05, 0.1) is 16.8 Å². The van der Waals surface area contributed by atoms with Crippen LogP contribution in [0.2, 0.25) is 0 Å². The lowest BCUT2D eigenvalue weighted by atomic mass is 10.0. The fourth-order valence-corrected chi connectivity index (χ4v) is 2.56. The van der Waals surface area contributed by atoms with Crippen LogP contribution in [0, 0.1) is 13.8 Å². The third-order valence-electron chi connectivity index (χ3n) is 3.39. The number of ether oxygens (including phenoxy) is 1. The minimum atomic E-state index is 0.444. The average Bonchev–Trinajstić information content (AvgIpc) is 2.46. The van der Waals surface area contributed by atoms with E-state index < -0.39 is 0 Å². The number of methoxy groups -OCH3 is 1. The molecule has 4 nitrogen and oxygen atoms in total. The SMILES string of the molecule is CCNc1nc(-c2cccc(C)c2C)nc(COC)c1Br. The number of hydrogen-bond donors (Lipinski definition) is 1. The molecule has 0 unspecified atom stereocenters. The highest BCUT2D eigenvalue weighted by atomic mass is 79.9. The van der Waals surface area contributed by atoms with E-state index in [0.717, 1.165) is 33.9 Å². The van der Waals surface area contributed by atoms with Gasteiger partial charge in [-0.25, -0.2) is 9.97 Å². The molecule has 5 heteroatoms. The van der Waals surface area contributed by atoms with E-state index in [1.54, 1.807) is 7.11 Å². The van der Waals surface area contributed by atoms with Crippen LogP contribution in [0.1, 0.15) is 23.7 Å². The van der Waals surface area contributed by atoms with Gasteiger partial charge in [0.15, 0.2) is 5.82 Å². The molecule has 0 spiro atoms. The second kappa shape index (κ2) is 7.00. The van der Waals surface area contributed by atoms with Crippen molar-refractivity contribution in [3.8, 4) is 11.4 Å². The van der Waals surface area contributed by atoms with E-state index in [1.165, 1.54) is 11.1 Å².